The summed E-state index contributed by atoms with van der Waals surface area (Å²) in [5.41, 5.74) is -3.82. The van der Waals surface area contributed by atoms with Crippen molar-refractivity contribution >= 4 is 47.0 Å². The molecule has 0 amide bonds. The molecule has 1 unspecified atom stereocenters. The molecule has 11 heterocycles. The second-order valence-electron chi connectivity index (χ2n) is 25.3. The molecule has 576 valence electrons. The summed E-state index contributed by atoms with van der Waals surface area (Å²) in [6, 6.07) is 0. The third-order valence-electron chi connectivity index (χ3n) is 18.2. The summed E-state index contributed by atoms with van der Waals surface area (Å²) in [4.78, 5) is 0. The first kappa shape index (κ1) is 79.7. The highest BCUT2D eigenvalue weighted by Crippen LogP contribution is 2.39. The third-order valence-corrected chi connectivity index (χ3v) is 22.9. The van der Waals surface area contributed by atoms with Crippen LogP contribution in [-0.4, -0.2) is 409 Å². The number of hydrogen-bond acceptors (Lipinski definition) is 44. The second-order valence-corrected chi connectivity index (χ2v) is 29.7. The lowest BCUT2D eigenvalue weighted by molar-refractivity contribution is -0.373. The summed E-state index contributed by atoms with van der Waals surface area (Å²) >= 11 is 3.70. The molecule has 0 radical (unpaired) electrons. The van der Waals surface area contributed by atoms with Gasteiger partial charge in [0.05, 0.1) is 75.0 Å². The maximum Gasteiger partial charge on any atom is 0.187 e. The van der Waals surface area contributed by atoms with Crippen LogP contribution in [-0.2, 0) is 85.3 Å². The molecule has 23 N–H and O–H groups in total. The number of thioether (sulfide) groups is 4. The number of aromatic nitrogens is 12. The molecule has 7 fully saturated rings. The summed E-state index contributed by atoms with van der Waals surface area (Å²) in [6.45, 7) is -4.05. The predicted octanol–water partition coefficient (Wildman–Crippen LogP) is -14.1. The topological polar surface area (TPSA) is 671 Å². The van der Waals surface area contributed by atoms with Crippen molar-refractivity contribution in [1.29, 1.82) is 0 Å². The lowest BCUT2D eigenvalue weighted by atomic mass is 9.95. The molecule has 4 aromatic heterocycles. The average Bonchev–Trinajstić information content (AvgIpc) is 1.31. The van der Waals surface area contributed by atoms with Gasteiger partial charge in [-0.15, -0.1) is 67.4 Å². The van der Waals surface area contributed by atoms with Crippen molar-refractivity contribution < 1.29 is 160 Å². The lowest BCUT2D eigenvalue weighted by Crippen LogP contribution is -2.66. The molecule has 48 heteroatoms. The van der Waals surface area contributed by atoms with Crippen LogP contribution in [0.15, 0.2) is 24.8 Å². The number of hydrogen-bond donors (Lipinski definition) is 23. The van der Waals surface area contributed by atoms with Crippen molar-refractivity contribution in [3.63, 3.8) is 0 Å². The molecule has 0 spiro atoms. The first-order valence-corrected chi connectivity index (χ1v) is 36.2. The van der Waals surface area contributed by atoms with Crippen LogP contribution < -0.4 is 0 Å². The Hall–Kier alpha value is -3.32. The van der Waals surface area contributed by atoms with Crippen LogP contribution in [0.4, 0.5) is 0 Å². The van der Waals surface area contributed by atoms with Gasteiger partial charge in [0.2, 0.25) is 0 Å². The summed E-state index contributed by atoms with van der Waals surface area (Å²) in [7, 11) is 0. The van der Waals surface area contributed by atoms with Crippen molar-refractivity contribution in [3.8, 4) is 0 Å². The van der Waals surface area contributed by atoms with E-state index in [0.29, 0.717) is 0 Å². The fourth-order valence-electron chi connectivity index (χ4n) is 12.3. The van der Waals surface area contributed by atoms with E-state index < -0.39 is 258 Å². The molecule has 0 aromatic carbocycles. The Morgan fingerprint density at radius 1 is 0.294 bits per heavy atom. The normalized spacial score (nSPS) is 43.7. The molecule has 102 heavy (non-hydrogen) atoms. The Balaban J connectivity index is 0.834. The molecular formula is C54H84N12O32S4. The fraction of sp³-hybridized carbons (Fsp3) is 0.852. The summed E-state index contributed by atoms with van der Waals surface area (Å²) < 4.78 is 58.5. The standard InChI is InChI=1S/C54H84N12O32S4/c67-8-23-28(72)33(77)42(86)51(93-23)99-12-16-1-63(59-55-16)5-20-27(71)32(76)40(84)49(91-20)98-47-22(7-65-3-18(57-61-65)14-101-53-44(88)35(79)30(74)25(10-69)95-53)92-50(41(85)38(47)82)97-46-21(6-64-2-17(56-60-64)13-100-52-43(87)34(78)29(73)24(9-68)94-52)90-48(39(83)37(46)81)66-4-19(58-62-66)15-102-54-45(89)36(80)31(75)26(11-70)96-54/h1-4,20-54,67-89H,5-15H2/t20-,21-,22-,23-,24-,25-,26-,27-,28-,29-,30-,31-,32+,33-,34-,35-,36-,37-,38-,39-,40-,41-,42+,43+,44+,45+,46?,47+,48-,49-,50-,51-,52-,53-,54-/m1/s1. The number of rotatable bonds is 27. The largest absolute Gasteiger partial charge is 0.394 e. The van der Waals surface area contributed by atoms with E-state index in [0.717, 1.165) is 51.7 Å². The van der Waals surface area contributed by atoms with Gasteiger partial charge in [-0.2, -0.15) is 0 Å². The quantitative estimate of drug-likeness (QED) is 0.0264. The third kappa shape index (κ3) is 17.5. The van der Waals surface area contributed by atoms with E-state index in [1.54, 1.807) is 0 Å². The Labute approximate surface area is 592 Å². The molecule has 4 aromatic rings. The van der Waals surface area contributed by atoms with Crippen molar-refractivity contribution in [3.05, 3.63) is 47.6 Å². The Morgan fingerprint density at radius 3 is 0.941 bits per heavy atom. The van der Waals surface area contributed by atoms with Crippen LogP contribution >= 0.6 is 47.0 Å². The Kier molecular flexibility index (Phi) is 27.3. The van der Waals surface area contributed by atoms with Gasteiger partial charge in [0.25, 0.3) is 0 Å². The molecular weight excluding hydrogens is 1460 g/mol. The van der Waals surface area contributed by atoms with E-state index in [9.17, 15) is 117 Å². The van der Waals surface area contributed by atoms with Gasteiger partial charge in [-0.3, -0.25) is 0 Å². The Bertz CT molecular complexity index is 3250. The minimum atomic E-state index is -2.21. The van der Waals surface area contributed by atoms with Gasteiger partial charge in [0.1, 0.15) is 193 Å². The molecule has 7 saturated heterocycles. The molecule has 0 saturated carbocycles. The predicted molar refractivity (Wildman–Crippen MR) is 333 cm³/mol. The second kappa shape index (κ2) is 34.9. The van der Waals surface area contributed by atoms with E-state index in [2.05, 4.69) is 41.2 Å². The van der Waals surface area contributed by atoms with E-state index in [1.807, 2.05) is 0 Å². The molecule has 35 atom stereocenters. The number of ether oxygens (including phenoxy) is 9. The molecule has 0 bridgehead atoms. The lowest BCUT2D eigenvalue weighted by Gasteiger charge is -2.48. The van der Waals surface area contributed by atoms with Crippen LogP contribution in [0.25, 0.3) is 0 Å². The zero-order valence-electron chi connectivity index (χ0n) is 53.3. The van der Waals surface area contributed by atoms with Crippen molar-refractivity contribution in [1.82, 2.24) is 60.0 Å². The number of aliphatic hydroxyl groups excluding tert-OH is 23. The Morgan fingerprint density at radius 2 is 0.578 bits per heavy atom. The molecule has 0 aliphatic carbocycles. The van der Waals surface area contributed by atoms with Gasteiger partial charge in [0, 0.05) is 41.6 Å². The number of nitrogens with zero attached hydrogens (tertiary/aromatic N) is 12. The molecule has 7 aliphatic heterocycles. The van der Waals surface area contributed by atoms with Gasteiger partial charge >= 0.3 is 0 Å². The van der Waals surface area contributed by atoms with Crippen LogP contribution in [0, 0.1) is 0 Å². The minimum Gasteiger partial charge on any atom is -0.394 e. The van der Waals surface area contributed by atoms with Gasteiger partial charge in [-0.1, -0.05) is 20.9 Å². The summed E-state index contributed by atoms with van der Waals surface area (Å²) in [5.74, 6) is -0.238. The van der Waals surface area contributed by atoms with Crippen LogP contribution in [0.1, 0.15) is 29.0 Å². The van der Waals surface area contributed by atoms with Gasteiger partial charge in [-0.05, 0) is 0 Å². The SMILES string of the molecule is OC[C@H]1O[C@H](SCc2cn(C[C@H]3O[C@@H](n4cc(CS[C@H]5O[C@H](CO)[C@@H](O)[C@@H](O)[C@@H]5O)nn4)[C@H](O)[C@@H](O)C3O[C@H]3O[C@H](Cn4cc(CS[C@H]5O[C@H](CO)[C@@H](O)[C@@H](O)[C@@H]5O)nn4)[C@H](O[C@H]4O[C@H](Cn5cc(CS[C@H]6O[C@H](CO)[C@@H](O)[C@@H](O)[C@@H]6O)nn5)[C@@H](O)[C@H](O)[C@H]4O)[C@H](O)[C@H]3O)nn2)[C@@H](O)[C@H](O)[C@@H]1O. The maximum atomic E-state index is 12.3. The minimum absolute atomic E-state index is 0.0111. The summed E-state index contributed by atoms with van der Waals surface area (Å²) in [5, 5.41) is 280. The van der Waals surface area contributed by atoms with Crippen LogP contribution in [0.5, 0.6) is 0 Å². The fourth-order valence-corrected chi connectivity index (χ4v) is 16.5. The van der Waals surface area contributed by atoms with Crippen molar-refractivity contribution in [2.45, 2.75) is 254 Å². The van der Waals surface area contributed by atoms with Gasteiger partial charge in [-0.25, -0.2) is 18.7 Å². The molecule has 7 aliphatic rings. The summed E-state index contributed by atoms with van der Waals surface area (Å²) in [6.07, 6.45) is -47.2. The first-order valence-electron chi connectivity index (χ1n) is 32.0. The highest BCUT2D eigenvalue weighted by atomic mass is 32.2. The highest BCUT2D eigenvalue weighted by Gasteiger charge is 2.56. The van der Waals surface area contributed by atoms with Crippen LogP contribution in [0.2, 0.25) is 0 Å². The van der Waals surface area contributed by atoms with Gasteiger partial charge < -0.3 is 160 Å². The zero-order valence-corrected chi connectivity index (χ0v) is 56.5. The average molecular weight is 1540 g/mol. The van der Waals surface area contributed by atoms with E-state index >= 15 is 0 Å². The van der Waals surface area contributed by atoms with E-state index in [1.165, 1.54) is 38.8 Å². The van der Waals surface area contributed by atoms with E-state index in [4.69, 9.17) is 42.6 Å². The highest BCUT2D eigenvalue weighted by molar-refractivity contribution is 7.99. The van der Waals surface area contributed by atoms with Crippen molar-refractivity contribution in [2.24, 2.45) is 0 Å². The monoisotopic (exact) mass is 1540 g/mol. The molecule has 44 nitrogen and oxygen atoms in total. The van der Waals surface area contributed by atoms with E-state index in [-0.39, 0.29) is 45.8 Å². The zero-order chi connectivity index (χ0) is 73.3. The van der Waals surface area contributed by atoms with Crippen LogP contribution in [0.3, 0.4) is 0 Å². The maximum absolute atomic E-state index is 12.3. The van der Waals surface area contributed by atoms with Gasteiger partial charge in [0.15, 0.2) is 18.8 Å². The molecule has 11 rings (SSSR count). The smallest absolute Gasteiger partial charge is 0.187 e. The van der Waals surface area contributed by atoms with Crippen molar-refractivity contribution in [2.75, 3.05) is 26.4 Å². The first-order chi connectivity index (χ1) is 48.7. The number of aliphatic hydroxyl groups is 23.